The molecule has 0 atom stereocenters. The second-order valence-electron chi connectivity index (χ2n) is 6.19. The molecule has 3 aromatic rings. The lowest BCUT2D eigenvalue weighted by molar-refractivity contribution is -0.115. The molecule has 5 heteroatoms. The van der Waals surface area contributed by atoms with Gasteiger partial charge in [0.2, 0.25) is 5.91 Å². The highest BCUT2D eigenvalue weighted by Gasteiger charge is 2.19. The molecule has 3 rings (SSSR count). The molecule has 0 unspecified atom stereocenters. The Labute approximate surface area is 162 Å². The Hall–Kier alpha value is -3.05. The van der Waals surface area contributed by atoms with Crippen LogP contribution in [0, 0.1) is 13.8 Å². The molecule has 4 nitrogen and oxygen atoms in total. The van der Waals surface area contributed by atoms with Gasteiger partial charge in [0.15, 0.2) is 10.9 Å². The number of aryl methyl sites for hydroxylation is 1. The molecule has 1 amide bonds. The van der Waals surface area contributed by atoms with Crippen LogP contribution in [0.5, 0.6) is 0 Å². The van der Waals surface area contributed by atoms with E-state index in [9.17, 15) is 9.59 Å². The quantitative estimate of drug-likeness (QED) is 0.446. The van der Waals surface area contributed by atoms with Crippen LogP contribution in [0.25, 0.3) is 6.08 Å². The van der Waals surface area contributed by atoms with Gasteiger partial charge in [0.1, 0.15) is 0 Å². The molecular formula is C22H20N2O2S. The lowest BCUT2D eigenvalue weighted by Gasteiger charge is -2.21. The number of thiazole rings is 1. The SMILES string of the molecule is CC(=O)N(c1nc(C=CC(=O)c2ccccc2)cs1)c1cccc(C)c1C. The number of allylic oxidation sites excluding steroid dienone is 1. The second-order valence-corrected chi connectivity index (χ2v) is 7.03. The van der Waals surface area contributed by atoms with Crippen LogP contribution in [0.4, 0.5) is 10.8 Å². The van der Waals surface area contributed by atoms with Gasteiger partial charge in [-0.05, 0) is 43.2 Å². The topological polar surface area (TPSA) is 50.3 Å². The molecule has 0 aliphatic heterocycles. The van der Waals surface area contributed by atoms with Crippen molar-refractivity contribution in [2.24, 2.45) is 0 Å². The summed E-state index contributed by atoms with van der Waals surface area (Å²) < 4.78 is 0. The van der Waals surface area contributed by atoms with E-state index in [1.165, 1.54) is 24.3 Å². The molecule has 136 valence electrons. The highest BCUT2D eigenvalue weighted by atomic mass is 32.1. The van der Waals surface area contributed by atoms with Crippen molar-refractivity contribution in [1.82, 2.24) is 4.98 Å². The van der Waals surface area contributed by atoms with Crippen molar-refractivity contribution >= 4 is 39.9 Å². The number of carbonyl (C=O) groups is 2. The van der Waals surface area contributed by atoms with E-state index in [1.807, 2.05) is 55.6 Å². The van der Waals surface area contributed by atoms with E-state index in [2.05, 4.69) is 4.98 Å². The van der Waals surface area contributed by atoms with Gasteiger partial charge in [0, 0.05) is 17.9 Å². The number of carbonyl (C=O) groups excluding carboxylic acids is 2. The monoisotopic (exact) mass is 376 g/mol. The lowest BCUT2D eigenvalue weighted by atomic mass is 10.1. The third-order valence-electron chi connectivity index (χ3n) is 4.30. The standard InChI is InChI=1S/C22H20N2O2S/c1-15-8-7-11-20(16(15)2)24(17(3)25)22-23-19(14-27-22)12-13-21(26)18-9-5-4-6-10-18/h4-14H,1-3H3. The summed E-state index contributed by atoms with van der Waals surface area (Å²) in [5.41, 5.74) is 4.26. The Bertz CT molecular complexity index is 1010. The van der Waals surface area contributed by atoms with Gasteiger partial charge in [0.25, 0.3) is 0 Å². The van der Waals surface area contributed by atoms with Crippen LogP contribution in [-0.4, -0.2) is 16.7 Å². The molecule has 0 fully saturated rings. The van der Waals surface area contributed by atoms with Crippen LogP contribution < -0.4 is 4.90 Å². The molecule has 0 radical (unpaired) electrons. The highest BCUT2D eigenvalue weighted by molar-refractivity contribution is 7.14. The van der Waals surface area contributed by atoms with Crippen molar-refractivity contribution < 1.29 is 9.59 Å². The van der Waals surface area contributed by atoms with Crippen LogP contribution in [0.2, 0.25) is 0 Å². The zero-order valence-corrected chi connectivity index (χ0v) is 16.3. The van der Waals surface area contributed by atoms with Crippen molar-refractivity contribution in [3.63, 3.8) is 0 Å². The van der Waals surface area contributed by atoms with E-state index in [0.717, 1.165) is 16.8 Å². The minimum absolute atomic E-state index is 0.0805. The van der Waals surface area contributed by atoms with Crippen molar-refractivity contribution in [2.45, 2.75) is 20.8 Å². The summed E-state index contributed by atoms with van der Waals surface area (Å²) in [7, 11) is 0. The van der Waals surface area contributed by atoms with Gasteiger partial charge < -0.3 is 0 Å². The van der Waals surface area contributed by atoms with Crippen LogP contribution in [-0.2, 0) is 4.79 Å². The normalized spacial score (nSPS) is 10.9. The summed E-state index contributed by atoms with van der Waals surface area (Å²) >= 11 is 1.37. The Kier molecular flexibility index (Phi) is 5.62. The van der Waals surface area contributed by atoms with Gasteiger partial charge in [-0.15, -0.1) is 11.3 Å². The third kappa shape index (κ3) is 4.20. The van der Waals surface area contributed by atoms with E-state index in [-0.39, 0.29) is 11.7 Å². The van der Waals surface area contributed by atoms with Crippen LogP contribution in [0.1, 0.15) is 34.1 Å². The molecule has 0 bridgehead atoms. The number of hydrogen-bond acceptors (Lipinski definition) is 4. The van der Waals surface area contributed by atoms with Crippen LogP contribution >= 0.6 is 11.3 Å². The predicted molar refractivity (Wildman–Crippen MR) is 111 cm³/mol. The molecule has 0 spiro atoms. The fraction of sp³-hybridized carbons (Fsp3) is 0.136. The van der Waals surface area contributed by atoms with E-state index < -0.39 is 0 Å². The van der Waals surface area contributed by atoms with Gasteiger partial charge in [0.05, 0.1) is 11.4 Å². The second kappa shape index (κ2) is 8.10. The van der Waals surface area contributed by atoms with E-state index >= 15 is 0 Å². The van der Waals surface area contributed by atoms with E-state index in [0.29, 0.717) is 16.4 Å². The van der Waals surface area contributed by atoms with Crippen LogP contribution in [0.3, 0.4) is 0 Å². The molecule has 1 aromatic heterocycles. The van der Waals surface area contributed by atoms with Gasteiger partial charge in [-0.25, -0.2) is 4.98 Å². The molecule has 0 N–H and O–H groups in total. The highest BCUT2D eigenvalue weighted by Crippen LogP contribution is 2.32. The number of benzene rings is 2. The molecule has 2 aromatic carbocycles. The van der Waals surface area contributed by atoms with Gasteiger partial charge in [-0.3, -0.25) is 14.5 Å². The molecular weight excluding hydrogens is 356 g/mol. The largest absolute Gasteiger partial charge is 0.289 e. The molecule has 1 heterocycles. The van der Waals surface area contributed by atoms with Crippen molar-refractivity contribution in [1.29, 1.82) is 0 Å². The number of amides is 1. The number of anilines is 2. The van der Waals surface area contributed by atoms with Crippen molar-refractivity contribution in [3.05, 3.63) is 82.4 Å². The Morgan fingerprint density at radius 2 is 1.78 bits per heavy atom. The lowest BCUT2D eigenvalue weighted by Crippen LogP contribution is -2.23. The van der Waals surface area contributed by atoms with Crippen LogP contribution in [0.15, 0.2) is 60.0 Å². The average molecular weight is 376 g/mol. The maximum absolute atomic E-state index is 12.3. The summed E-state index contributed by atoms with van der Waals surface area (Å²) in [6.45, 7) is 5.54. The van der Waals surface area contributed by atoms with Crippen molar-refractivity contribution in [2.75, 3.05) is 4.90 Å². The minimum Gasteiger partial charge on any atom is -0.289 e. The predicted octanol–water partition coefficient (Wildman–Crippen LogP) is 5.34. The summed E-state index contributed by atoms with van der Waals surface area (Å²) in [6, 6.07) is 14.9. The maximum atomic E-state index is 12.3. The van der Waals surface area contributed by atoms with Gasteiger partial charge >= 0.3 is 0 Å². The number of aromatic nitrogens is 1. The number of ketones is 1. The third-order valence-corrected chi connectivity index (χ3v) is 5.14. The molecule has 0 aliphatic rings. The Balaban J connectivity index is 1.87. The molecule has 0 aliphatic carbocycles. The smallest absolute Gasteiger partial charge is 0.230 e. The van der Waals surface area contributed by atoms with E-state index in [4.69, 9.17) is 0 Å². The maximum Gasteiger partial charge on any atom is 0.230 e. The first kappa shape index (κ1) is 18.7. The van der Waals surface area contributed by atoms with Gasteiger partial charge in [-0.1, -0.05) is 42.5 Å². The first-order chi connectivity index (χ1) is 13.0. The molecule has 0 saturated carbocycles. The number of rotatable bonds is 5. The number of hydrogen-bond donors (Lipinski definition) is 0. The first-order valence-electron chi connectivity index (χ1n) is 8.57. The molecule has 0 saturated heterocycles. The minimum atomic E-state index is -0.103. The molecule has 27 heavy (non-hydrogen) atoms. The van der Waals surface area contributed by atoms with Crippen molar-refractivity contribution in [3.8, 4) is 0 Å². The summed E-state index contributed by atoms with van der Waals surface area (Å²) in [5, 5.41) is 2.42. The zero-order valence-electron chi connectivity index (χ0n) is 15.5. The first-order valence-corrected chi connectivity index (χ1v) is 9.45. The Morgan fingerprint density at radius 1 is 1.04 bits per heavy atom. The number of nitrogens with zero attached hydrogens (tertiary/aromatic N) is 2. The summed E-state index contributed by atoms with van der Waals surface area (Å²) in [5.74, 6) is -0.183. The Morgan fingerprint density at radius 3 is 2.48 bits per heavy atom. The fourth-order valence-corrected chi connectivity index (χ4v) is 3.55. The summed E-state index contributed by atoms with van der Waals surface area (Å²) in [6.07, 6.45) is 3.18. The van der Waals surface area contributed by atoms with Gasteiger partial charge in [-0.2, -0.15) is 0 Å². The van der Waals surface area contributed by atoms with E-state index in [1.54, 1.807) is 23.1 Å². The fourth-order valence-electron chi connectivity index (χ4n) is 2.70. The average Bonchev–Trinajstić information content (AvgIpc) is 3.12. The summed E-state index contributed by atoms with van der Waals surface area (Å²) in [4.78, 5) is 30.6. The zero-order chi connectivity index (χ0) is 19.4.